The first-order valence-corrected chi connectivity index (χ1v) is 28.3. The molecule has 0 N–H and O–H groups in total. The summed E-state index contributed by atoms with van der Waals surface area (Å²) in [6.07, 6.45) is 10.6. The van der Waals surface area contributed by atoms with Gasteiger partial charge in [-0.05, 0) is 116 Å². The third-order valence-electron chi connectivity index (χ3n) is 14.7. The minimum absolute atomic E-state index is 0.0282. The van der Waals surface area contributed by atoms with Crippen molar-refractivity contribution >= 4 is 65.8 Å². The maximum absolute atomic E-state index is 12.4. The Balaban J connectivity index is 0.000000152. The number of hydrogen-bond acceptors (Lipinski definition) is 14. The van der Waals surface area contributed by atoms with Gasteiger partial charge in [0.25, 0.3) is 29.3 Å². The van der Waals surface area contributed by atoms with Crippen molar-refractivity contribution in [3.8, 4) is 0 Å². The monoisotopic (exact) mass is 1180 g/mol. The molecule has 19 nitrogen and oxygen atoms in total. The third kappa shape index (κ3) is 16.8. The second-order valence-electron chi connectivity index (χ2n) is 20.8. The topological polar surface area (TPSA) is 230 Å². The van der Waals surface area contributed by atoms with Crippen LogP contribution in [-0.2, 0) is 57.4 Å². The molecule has 0 radical (unpaired) electrons. The number of carbonyl (C=O) groups is 8. The summed E-state index contributed by atoms with van der Waals surface area (Å²) >= 11 is 0. The van der Waals surface area contributed by atoms with Crippen molar-refractivity contribution in [1.82, 2.24) is 19.6 Å². The fourth-order valence-electron chi connectivity index (χ4n) is 10.1. The fourth-order valence-corrected chi connectivity index (χ4v) is 10.1. The van der Waals surface area contributed by atoms with E-state index in [4.69, 9.17) is 18.9 Å². The summed E-state index contributed by atoms with van der Waals surface area (Å²) in [5, 5.41) is 10.6. The highest BCUT2D eigenvalue weighted by atomic mass is 16.6. The molecule has 0 saturated carbocycles. The number of rotatable bonds is 14. The van der Waals surface area contributed by atoms with Crippen LogP contribution in [0.1, 0.15) is 71.2 Å². The average molecular weight is 1180 g/mol. The van der Waals surface area contributed by atoms with E-state index in [0.29, 0.717) is 24.8 Å². The van der Waals surface area contributed by atoms with Crippen LogP contribution in [0.25, 0.3) is 12.2 Å². The molecule has 6 aromatic carbocycles. The molecule has 4 aliphatic heterocycles. The van der Waals surface area contributed by atoms with Crippen molar-refractivity contribution < 1.29 is 62.2 Å². The van der Waals surface area contributed by atoms with Crippen LogP contribution in [0.4, 0.5) is 24.9 Å². The number of hydrogen-bond donors (Lipinski definition) is 0. The van der Waals surface area contributed by atoms with Crippen molar-refractivity contribution in [3.05, 3.63) is 255 Å². The Kier molecular flexibility index (Phi) is 21.8. The van der Waals surface area contributed by atoms with Gasteiger partial charge in [0.15, 0.2) is 0 Å². The molecule has 5 aliphatic rings. The number of non-ortho nitro benzene ring substituents is 1. The molecular formula is C68H65N5O14. The van der Waals surface area contributed by atoms with Crippen molar-refractivity contribution in [1.29, 1.82) is 0 Å². The molecule has 6 aromatic rings. The number of allylic oxidation sites excluding steroid dienone is 1. The van der Waals surface area contributed by atoms with E-state index in [0.717, 1.165) is 74.1 Å². The van der Waals surface area contributed by atoms with E-state index in [1.54, 1.807) is 6.08 Å². The number of nitro benzene ring substituents is 1. The Morgan fingerprint density at radius 1 is 0.552 bits per heavy atom. The number of carbonyl (C=O) groups excluding carboxylic acids is 8. The second-order valence-corrected chi connectivity index (χ2v) is 20.8. The standard InChI is InChI=1S/C20H19NO3.C19H16N2O5.C16H17NO3.C13H13NO3/c1-14-8-10-16(11-9-14)12-13-18(22)21-15(2)19(24-20(21)23)17-6-4-3-5-7-17;22-18(11-8-14-6-9-16(10-7-14)21(24)25)20-17(13-26-19(20)23)12-15-4-2-1-3-5-15;18-15(13-8-4-5-9-13)17-14(11-20-16(17)19)10-12-6-2-1-3-7-12;1-2-12(15)14-11(9-17-13(14)16)8-10-6-4-3-5-7-10/h3-13,15,19H,1-2H3;1-11,17H,12-13H2;1-3,6-8,14H,4-5,9-11H2;2-7,11H,1,8-9H2/b13-12+;11-8+;;/t15-,19+;17-;14-;11-/m1111/s1. The Hall–Kier alpha value is -10.6. The first-order valence-electron chi connectivity index (χ1n) is 28.3. The Morgan fingerprint density at radius 3 is 1.40 bits per heavy atom. The van der Waals surface area contributed by atoms with E-state index >= 15 is 0 Å². The molecule has 8 amide bonds. The lowest BCUT2D eigenvalue weighted by atomic mass is 10.0. The minimum Gasteiger partial charge on any atom is -0.447 e. The lowest BCUT2D eigenvalue weighted by Gasteiger charge is -2.20. The number of cyclic esters (lactones) is 4. The molecule has 4 heterocycles. The number of ether oxygens (including phenoxy) is 4. The van der Waals surface area contributed by atoms with Gasteiger partial charge in [0.05, 0.1) is 29.1 Å². The zero-order chi connectivity index (χ0) is 61.8. The third-order valence-corrected chi connectivity index (χ3v) is 14.7. The summed E-state index contributed by atoms with van der Waals surface area (Å²) in [6, 6.07) is 51.0. The van der Waals surface area contributed by atoms with Gasteiger partial charge in [0, 0.05) is 29.9 Å². The van der Waals surface area contributed by atoms with Gasteiger partial charge < -0.3 is 18.9 Å². The number of imide groups is 4. The molecule has 0 spiro atoms. The predicted octanol–water partition coefficient (Wildman–Crippen LogP) is 11.8. The normalized spacial score (nSPS) is 19.3. The number of nitrogens with zero attached hydrogens (tertiary/aromatic N) is 5. The summed E-state index contributed by atoms with van der Waals surface area (Å²) in [5.41, 5.74) is 7.48. The van der Waals surface area contributed by atoms with Crippen molar-refractivity contribution in [3.63, 3.8) is 0 Å². The molecule has 5 atom stereocenters. The average Bonchev–Trinajstić information content (AvgIpc) is 3.26. The zero-order valence-electron chi connectivity index (χ0n) is 48.0. The maximum Gasteiger partial charge on any atom is 0.417 e. The highest BCUT2D eigenvalue weighted by Crippen LogP contribution is 2.33. The highest BCUT2D eigenvalue weighted by Gasteiger charge is 2.43. The molecular weight excluding hydrogens is 1110 g/mol. The van der Waals surface area contributed by atoms with Gasteiger partial charge in [-0.1, -0.05) is 164 Å². The minimum atomic E-state index is -0.663. The first-order chi connectivity index (χ1) is 42.1. The van der Waals surface area contributed by atoms with E-state index in [1.165, 1.54) is 52.3 Å². The van der Waals surface area contributed by atoms with Crippen LogP contribution in [0.2, 0.25) is 0 Å². The van der Waals surface area contributed by atoms with Crippen LogP contribution in [0.15, 0.2) is 206 Å². The summed E-state index contributed by atoms with van der Waals surface area (Å²) in [5.74, 6) is -1.43. The van der Waals surface area contributed by atoms with Crippen LogP contribution in [-0.4, -0.2) is 117 Å². The quantitative estimate of drug-likeness (QED) is 0.0427. The summed E-state index contributed by atoms with van der Waals surface area (Å²) in [6.45, 7) is 7.89. The Labute approximate surface area is 503 Å². The number of amides is 8. The van der Waals surface area contributed by atoms with Gasteiger partial charge in [-0.3, -0.25) is 29.3 Å². The SMILES string of the molecule is C=CC(=O)N1C(=O)OC[C@H]1Cc1ccccc1.Cc1ccc(/C=C/C(=O)N2C(=O)O[C@H](c3ccccc3)[C@H]2C)cc1.O=C(/C=C/c1ccc([N+](=O)[O-])cc1)N1C(=O)OC[C@H]1Cc1ccccc1.O=C1OC[C@@H](Cc2ccccc2)N1C(=O)C1=CCCC1. The molecule has 0 unspecified atom stereocenters. The molecule has 0 bridgehead atoms. The van der Waals surface area contributed by atoms with Crippen LogP contribution in [0.3, 0.4) is 0 Å². The van der Waals surface area contributed by atoms with E-state index in [1.807, 2.05) is 166 Å². The Bertz CT molecular complexity index is 3520. The smallest absolute Gasteiger partial charge is 0.417 e. The fraction of sp³-hybridized carbons (Fsp3) is 0.235. The molecule has 19 heteroatoms. The number of aryl methyl sites for hydroxylation is 1. The van der Waals surface area contributed by atoms with E-state index in [2.05, 4.69) is 6.58 Å². The van der Waals surface area contributed by atoms with Crippen LogP contribution in [0.5, 0.6) is 0 Å². The highest BCUT2D eigenvalue weighted by molar-refractivity contribution is 6.04. The van der Waals surface area contributed by atoms with Crippen LogP contribution >= 0.6 is 0 Å². The van der Waals surface area contributed by atoms with Crippen LogP contribution in [0, 0.1) is 17.0 Å². The van der Waals surface area contributed by atoms with Gasteiger partial charge >= 0.3 is 24.4 Å². The van der Waals surface area contributed by atoms with Gasteiger partial charge in [-0.15, -0.1) is 0 Å². The van der Waals surface area contributed by atoms with E-state index < -0.39 is 47.2 Å². The summed E-state index contributed by atoms with van der Waals surface area (Å²) in [7, 11) is 0. The van der Waals surface area contributed by atoms with Crippen LogP contribution < -0.4 is 0 Å². The van der Waals surface area contributed by atoms with Gasteiger partial charge in [-0.25, -0.2) is 38.8 Å². The molecule has 446 valence electrons. The van der Waals surface area contributed by atoms with Gasteiger partial charge in [0.2, 0.25) is 0 Å². The molecule has 4 saturated heterocycles. The molecule has 0 aromatic heterocycles. The number of benzene rings is 6. The maximum atomic E-state index is 12.4. The predicted molar refractivity (Wildman–Crippen MR) is 323 cm³/mol. The van der Waals surface area contributed by atoms with Crippen molar-refractivity contribution in [2.24, 2.45) is 0 Å². The van der Waals surface area contributed by atoms with Gasteiger partial charge in [-0.2, -0.15) is 0 Å². The lowest BCUT2D eigenvalue weighted by molar-refractivity contribution is -0.384. The largest absolute Gasteiger partial charge is 0.447 e. The van der Waals surface area contributed by atoms with E-state index in [-0.39, 0.29) is 61.5 Å². The second kappa shape index (κ2) is 30.3. The van der Waals surface area contributed by atoms with E-state index in [9.17, 15) is 48.5 Å². The molecule has 1 aliphatic carbocycles. The number of nitro groups is 1. The molecule has 87 heavy (non-hydrogen) atoms. The first kappa shape index (κ1) is 62.5. The lowest BCUT2D eigenvalue weighted by Crippen LogP contribution is -2.40. The summed E-state index contributed by atoms with van der Waals surface area (Å²) in [4.78, 5) is 111. The van der Waals surface area contributed by atoms with Crippen molar-refractivity contribution in [2.45, 2.75) is 82.6 Å². The Morgan fingerprint density at radius 2 is 0.966 bits per heavy atom. The summed E-state index contributed by atoms with van der Waals surface area (Å²) < 4.78 is 20.4. The van der Waals surface area contributed by atoms with Crippen molar-refractivity contribution in [2.75, 3.05) is 19.8 Å². The molecule has 4 fully saturated rings. The zero-order valence-corrected chi connectivity index (χ0v) is 48.0. The van der Waals surface area contributed by atoms with Gasteiger partial charge in [0.1, 0.15) is 25.9 Å². The molecule has 11 rings (SSSR count).